The zero-order chi connectivity index (χ0) is 12.8. The molecule has 0 aliphatic carbocycles. The standard InChI is InChI=1S/C13H26N2O2/c1-4-10(5-2)11(14)8-15-13(16)12-9(3)6-7-17-12/h9-12H,4-8,14H2,1-3H3,(H,15,16). The second-order valence-electron chi connectivity index (χ2n) is 5.04. The SMILES string of the molecule is CCC(CC)C(N)CNC(=O)C1OCCC1C. The zero-order valence-corrected chi connectivity index (χ0v) is 11.2. The third-order valence-corrected chi connectivity index (χ3v) is 3.81. The van der Waals surface area contributed by atoms with Gasteiger partial charge in [0.05, 0.1) is 0 Å². The molecule has 3 N–H and O–H groups in total. The first-order chi connectivity index (χ1) is 8.10. The van der Waals surface area contributed by atoms with E-state index in [4.69, 9.17) is 10.5 Å². The van der Waals surface area contributed by atoms with E-state index in [-0.39, 0.29) is 18.1 Å². The van der Waals surface area contributed by atoms with E-state index >= 15 is 0 Å². The number of hydrogen-bond acceptors (Lipinski definition) is 3. The highest BCUT2D eigenvalue weighted by Crippen LogP contribution is 2.20. The van der Waals surface area contributed by atoms with Crippen molar-refractivity contribution >= 4 is 5.91 Å². The molecule has 0 radical (unpaired) electrons. The van der Waals surface area contributed by atoms with Gasteiger partial charge in [0.15, 0.2) is 0 Å². The van der Waals surface area contributed by atoms with Crippen molar-refractivity contribution in [2.45, 2.75) is 52.2 Å². The molecule has 0 bridgehead atoms. The number of carbonyl (C=O) groups is 1. The van der Waals surface area contributed by atoms with Crippen LogP contribution in [0.2, 0.25) is 0 Å². The summed E-state index contributed by atoms with van der Waals surface area (Å²) in [4.78, 5) is 11.9. The summed E-state index contributed by atoms with van der Waals surface area (Å²) in [7, 11) is 0. The van der Waals surface area contributed by atoms with Crippen LogP contribution in [0.5, 0.6) is 0 Å². The van der Waals surface area contributed by atoms with Crippen molar-refractivity contribution in [3.05, 3.63) is 0 Å². The first kappa shape index (κ1) is 14.5. The highest BCUT2D eigenvalue weighted by Gasteiger charge is 2.31. The van der Waals surface area contributed by atoms with Gasteiger partial charge in [-0.2, -0.15) is 0 Å². The van der Waals surface area contributed by atoms with Crippen molar-refractivity contribution in [2.24, 2.45) is 17.6 Å². The smallest absolute Gasteiger partial charge is 0.249 e. The van der Waals surface area contributed by atoms with Crippen LogP contribution < -0.4 is 11.1 Å². The van der Waals surface area contributed by atoms with E-state index in [1.54, 1.807) is 0 Å². The lowest BCUT2D eigenvalue weighted by atomic mass is 9.94. The highest BCUT2D eigenvalue weighted by atomic mass is 16.5. The number of nitrogens with two attached hydrogens (primary N) is 1. The minimum absolute atomic E-state index is 0.00333. The second kappa shape index (κ2) is 6.97. The summed E-state index contributed by atoms with van der Waals surface area (Å²) < 4.78 is 5.42. The maximum absolute atomic E-state index is 11.9. The van der Waals surface area contributed by atoms with Crippen LogP contribution in [0.15, 0.2) is 0 Å². The average Bonchev–Trinajstić information content (AvgIpc) is 2.74. The predicted octanol–water partition coefficient (Wildman–Crippen LogP) is 1.29. The first-order valence-electron chi connectivity index (χ1n) is 6.75. The molecule has 1 fully saturated rings. The van der Waals surface area contributed by atoms with Crippen LogP contribution in [0.4, 0.5) is 0 Å². The third-order valence-electron chi connectivity index (χ3n) is 3.81. The lowest BCUT2D eigenvalue weighted by molar-refractivity contribution is -0.131. The molecule has 1 amide bonds. The van der Waals surface area contributed by atoms with Crippen LogP contribution in [0, 0.1) is 11.8 Å². The van der Waals surface area contributed by atoms with Crippen molar-refractivity contribution in [1.29, 1.82) is 0 Å². The molecule has 3 atom stereocenters. The predicted molar refractivity (Wildman–Crippen MR) is 68.6 cm³/mol. The number of nitrogens with one attached hydrogen (secondary N) is 1. The van der Waals surface area contributed by atoms with E-state index in [0.29, 0.717) is 25.0 Å². The molecule has 1 aliphatic rings. The summed E-state index contributed by atoms with van der Waals surface area (Å²) in [6.45, 7) is 7.57. The molecule has 0 spiro atoms. The van der Waals surface area contributed by atoms with Crippen LogP contribution in [-0.4, -0.2) is 31.2 Å². The normalized spacial score (nSPS) is 26.2. The Kier molecular flexibility index (Phi) is 5.92. The van der Waals surface area contributed by atoms with Crippen molar-refractivity contribution in [2.75, 3.05) is 13.2 Å². The van der Waals surface area contributed by atoms with Gasteiger partial charge in [-0.3, -0.25) is 4.79 Å². The van der Waals surface area contributed by atoms with Gasteiger partial charge in [0.1, 0.15) is 6.10 Å². The molecule has 0 aromatic carbocycles. The quantitative estimate of drug-likeness (QED) is 0.737. The Labute approximate surface area is 104 Å². The Hall–Kier alpha value is -0.610. The Morgan fingerprint density at radius 1 is 1.47 bits per heavy atom. The van der Waals surface area contributed by atoms with Crippen LogP contribution in [0.1, 0.15) is 40.0 Å². The molecule has 1 saturated heterocycles. The molecule has 0 saturated carbocycles. The zero-order valence-electron chi connectivity index (χ0n) is 11.2. The molecule has 3 unspecified atom stereocenters. The van der Waals surface area contributed by atoms with Gasteiger partial charge in [-0.15, -0.1) is 0 Å². The number of rotatable bonds is 6. The van der Waals surface area contributed by atoms with Gasteiger partial charge in [-0.25, -0.2) is 0 Å². The molecule has 17 heavy (non-hydrogen) atoms. The molecule has 4 heteroatoms. The Morgan fingerprint density at radius 3 is 2.59 bits per heavy atom. The molecular formula is C13H26N2O2. The van der Waals surface area contributed by atoms with E-state index in [0.717, 1.165) is 19.3 Å². The van der Waals surface area contributed by atoms with Crippen molar-refractivity contribution in [3.8, 4) is 0 Å². The minimum Gasteiger partial charge on any atom is -0.368 e. The van der Waals surface area contributed by atoms with Gasteiger partial charge in [-0.1, -0.05) is 33.6 Å². The fourth-order valence-electron chi connectivity index (χ4n) is 2.41. The Balaban J connectivity index is 2.32. The molecule has 0 aromatic heterocycles. The Bertz CT molecular complexity index is 242. The van der Waals surface area contributed by atoms with Crippen LogP contribution in [0.3, 0.4) is 0 Å². The molecule has 4 nitrogen and oxygen atoms in total. The average molecular weight is 242 g/mol. The lowest BCUT2D eigenvalue weighted by Crippen LogP contribution is -2.45. The largest absolute Gasteiger partial charge is 0.368 e. The van der Waals surface area contributed by atoms with Gasteiger partial charge in [0.2, 0.25) is 5.91 Å². The second-order valence-corrected chi connectivity index (χ2v) is 5.04. The molecule has 0 aromatic rings. The monoisotopic (exact) mass is 242 g/mol. The topological polar surface area (TPSA) is 64.3 Å². The van der Waals surface area contributed by atoms with Gasteiger partial charge in [0, 0.05) is 19.2 Å². The van der Waals surface area contributed by atoms with Crippen LogP contribution in [-0.2, 0) is 9.53 Å². The molecule has 1 rings (SSSR count). The van der Waals surface area contributed by atoms with Crippen molar-refractivity contribution in [1.82, 2.24) is 5.32 Å². The fourth-order valence-corrected chi connectivity index (χ4v) is 2.41. The fraction of sp³-hybridized carbons (Fsp3) is 0.923. The molecule has 1 aliphatic heterocycles. The van der Waals surface area contributed by atoms with E-state index in [1.165, 1.54) is 0 Å². The first-order valence-corrected chi connectivity index (χ1v) is 6.75. The summed E-state index contributed by atoms with van der Waals surface area (Å²) in [5.41, 5.74) is 6.07. The van der Waals surface area contributed by atoms with E-state index < -0.39 is 0 Å². The van der Waals surface area contributed by atoms with Crippen LogP contribution >= 0.6 is 0 Å². The maximum atomic E-state index is 11.9. The minimum atomic E-state index is -0.274. The maximum Gasteiger partial charge on any atom is 0.249 e. The van der Waals surface area contributed by atoms with E-state index in [1.807, 2.05) is 0 Å². The van der Waals surface area contributed by atoms with Crippen molar-refractivity contribution in [3.63, 3.8) is 0 Å². The third kappa shape index (κ3) is 3.96. The van der Waals surface area contributed by atoms with Crippen LogP contribution in [0.25, 0.3) is 0 Å². The summed E-state index contributed by atoms with van der Waals surface area (Å²) >= 11 is 0. The van der Waals surface area contributed by atoms with Crippen molar-refractivity contribution < 1.29 is 9.53 Å². The number of carbonyl (C=O) groups excluding carboxylic acids is 1. The highest BCUT2D eigenvalue weighted by molar-refractivity contribution is 5.81. The number of hydrogen-bond donors (Lipinski definition) is 2. The summed E-state index contributed by atoms with van der Waals surface area (Å²) in [6, 6.07) is 0.0469. The summed E-state index contributed by atoms with van der Waals surface area (Å²) in [5, 5.41) is 2.91. The molecule has 100 valence electrons. The van der Waals surface area contributed by atoms with Gasteiger partial charge in [0.25, 0.3) is 0 Å². The van der Waals surface area contributed by atoms with Gasteiger partial charge in [-0.05, 0) is 18.3 Å². The number of amides is 1. The van der Waals surface area contributed by atoms with Gasteiger partial charge >= 0.3 is 0 Å². The molecule has 1 heterocycles. The molecular weight excluding hydrogens is 216 g/mol. The van der Waals surface area contributed by atoms with E-state index in [9.17, 15) is 4.79 Å². The lowest BCUT2D eigenvalue weighted by Gasteiger charge is -2.22. The van der Waals surface area contributed by atoms with Gasteiger partial charge < -0.3 is 15.8 Å². The Morgan fingerprint density at radius 2 is 2.12 bits per heavy atom. The number of ether oxygens (including phenoxy) is 1. The van der Waals surface area contributed by atoms with E-state index in [2.05, 4.69) is 26.1 Å². The summed E-state index contributed by atoms with van der Waals surface area (Å²) in [6.07, 6.45) is 2.81. The summed E-state index contributed by atoms with van der Waals surface area (Å²) in [5.74, 6) is 0.799.